The van der Waals surface area contributed by atoms with Crippen molar-refractivity contribution in [1.82, 2.24) is 5.32 Å². The van der Waals surface area contributed by atoms with Crippen molar-refractivity contribution in [2.24, 2.45) is 5.92 Å². The molecule has 1 aliphatic rings. The zero-order valence-corrected chi connectivity index (χ0v) is 11.3. The van der Waals surface area contributed by atoms with Crippen LogP contribution in [-0.4, -0.2) is 6.54 Å². The highest BCUT2D eigenvalue weighted by atomic mass is 19.1. The van der Waals surface area contributed by atoms with E-state index >= 15 is 0 Å². The highest BCUT2D eigenvalue weighted by molar-refractivity contribution is 5.86. The average Bonchev–Trinajstić information content (AvgIpc) is 3.26. The second kappa shape index (κ2) is 5.30. The summed E-state index contributed by atoms with van der Waals surface area (Å²) in [5, 5.41) is 5.43. The summed E-state index contributed by atoms with van der Waals surface area (Å²) in [5.74, 6) is 0.602. The van der Waals surface area contributed by atoms with Crippen LogP contribution in [0, 0.1) is 11.7 Å². The molecule has 2 heteroatoms. The van der Waals surface area contributed by atoms with E-state index in [4.69, 9.17) is 0 Å². The summed E-state index contributed by atoms with van der Waals surface area (Å²) in [6, 6.07) is 11.8. The van der Waals surface area contributed by atoms with E-state index in [-0.39, 0.29) is 5.82 Å². The van der Waals surface area contributed by atoms with Gasteiger partial charge in [0, 0.05) is 11.4 Å². The molecule has 1 saturated carbocycles. The van der Waals surface area contributed by atoms with Crippen LogP contribution in [0.1, 0.15) is 37.8 Å². The van der Waals surface area contributed by atoms with E-state index in [0.29, 0.717) is 6.04 Å². The van der Waals surface area contributed by atoms with Crippen molar-refractivity contribution in [3.63, 3.8) is 0 Å². The Kier molecular flexibility index (Phi) is 3.52. The zero-order valence-electron chi connectivity index (χ0n) is 11.3. The first kappa shape index (κ1) is 12.6. The number of hydrogen-bond acceptors (Lipinski definition) is 1. The van der Waals surface area contributed by atoms with E-state index in [1.54, 1.807) is 6.07 Å². The van der Waals surface area contributed by atoms with Crippen molar-refractivity contribution in [2.75, 3.05) is 6.54 Å². The van der Waals surface area contributed by atoms with Gasteiger partial charge < -0.3 is 5.32 Å². The van der Waals surface area contributed by atoms with Gasteiger partial charge in [-0.1, -0.05) is 37.3 Å². The van der Waals surface area contributed by atoms with Crippen LogP contribution in [0.25, 0.3) is 10.8 Å². The molecule has 1 atom stereocenters. The highest BCUT2D eigenvalue weighted by Gasteiger charge is 2.32. The SMILES string of the molecule is CCCNC(c1ccc(F)c2ccccc12)C1CC1. The van der Waals surface area contributed by atoms with Crippen molar-refractivity contribution in [2.45, 2.75) is 32.2 Å². The molecule has 3 rings (SSSR count). The van der Waals surface area contributed by atoms with Crippen LogP contribution < -0.4 is 5.32 Å². The molecule has 2 aromatic rings. The maximum atomic E-state index is 13.9. The van der Waals surface area contributed by atoms with Crippen LogP contribution in [-0.2, 0) is 0 Å². The van der Waals surface area contributed by atoms with Crippen LogP contribution in [0.3, 0.4) is 0 Å². The van der Waals surface area contributed by atoms with Crippen molar-refractivity contribution in [1.29, 1.82) is 0 Å². The van der Waals surface area contributed by atoms with Gasteiger partial charge in [0.05, 0.1) is 0 Å². The van der Waals surface area contributed by atoms with Gasteiger partial charge in [0.1, 0.15) is 5.82 Å². The van der Waals surface area contributed by atoms with Crippen LogP contribution in [0.5, 0.6) is 0 Å². The van der Waals surface area contributed by atoms with Gasteiger partial charge in [-0.05, 0) is 48.7 Å². The fourth-order valence-corrected chi connectivity index (χ4v) is 2.82. The number of benzene rings is 2. The lowest BCUT2D eigenvalue weighted by Crippen LogP contribution is -2.24. The molecule has 1 fully saturated rings. The minimum atomic E-state index is -0.121. The standard InChI is InChI=1S/C17H20FN/c1-2-11-19-17(12-7-8-12)15-9-10-16(18)14-6-4-3-5-13(14)15/h3-6,9-10,12,17,19H,2,7-8,11H2,1H3. The van der Waals surface area contributed by atoms with E-state index < -0.39 is 0 Å². The predicted molar refractivity (Wildman–Crippen MR) is 77.7 cm³/mol. The van der Waals surface area contributed by atoms with Crippen molar-refractivity contribution in [3.8, 4) is 0 Å². The van der Waals surface area contributed by atoms with Gasteiger partial charge >= 0.3 is 0 Å². The quantitative estimate of drug-likeness (QED) is 0.835. The lowest BCUT2D eigenvalue weighted by molar-refractivity contribution is 0.483. The Hall–Kier alpha value is -1.41. The summed E-state index contributed by atoms with van der Waals surface area (Å²) >= 11 is 0. The van der Waals surface area contributed by atoms with Crippen LogP contribution in [0.2, 0.25) is 0 Å². The molecular weight excluding hydrogens is 237 g/mol. The molecule has 0 amide bonds. The van der Waals surface area contributed by atoms with E-state index in [1.807, 2.05) is 30.3 Å². The molecule has 2 aromatic carbocycles. The second-order valence-electron chi connectivity index (χ2n) is 5.45. The summed E-state index contributed by atoms with van der Waals surface area (Å²) in [7, 11) is 0. The number of rotatable bonds is 5. The Morgan fingerprint density at radius 1 is 1.16 bits per heavy atom. The molecule has 100 valence electrons. The van der Waals surface area contributed by atoms with Crippen LogP contribution in [0.15, 0.2) is 36.4 Å². The average molecular weight is 257 g/mol. The summed E-state index contributed by atoms with van der Waals surface area (Å²) in [5.41, 5.74) is 1.26. The third-order valence-electron chi connectivity index (χ3n) is 3.95. The minimum Gasteiger partial charge on any atom is -0.310 e. The molecule has 0 aliphatic heterocycles. The smallest absolute Gasteiger partial charge is 0.131 e. The van der Waals surface area contributed by atoms with E-state index in [0.717, 1.165) is 29.7 Å². The lowest BCUT2D eigenvalue weighted by atomic mass is 9.95. The summed E-state index contributed by atoms with van der Waals surface area (Å²) in [6.07, 6.45) is 3.70. The summed E-state index contributed by atoms with van der Waals surface area (Å²) in [4.78, 5) is 0. The molecule has 19 heavy (non-hydrogen) atoms. The summed E-state index contributed by atoms with van der Waals surface area (Å²) in [6.45, 7) is 3.20. The molecular formula is C17H20FN. The Bertz CT molecular complexity index is 574. The number of nitrogens with one attached hydrogen (secondary N) is 1. The van der Waals surface area contributed by atoms with E-state index in [9.17, 15) is 4.39 Å². The van der Waals surface area contributed by atoms with Gasteiger partial charge in [-0.3, -0.25) is 0 Å². The zero-order chi connectivity index (χ0) is 13.2. The number of hydrogen-bond donors (Lipinski definition) is 1. The summed E-state index contributed by atoms with van der Waals surface area (Å²) < 4.78 is 13.9. The first-order chi connectivity index (χ1) is 9.31. The van der Waals surface area contributed by atoms with Crippen molar-refractivity contribution < 1.29 is 4.39 Å². The molecule has 0 bridgehead atoms. The molecule has 0 spiro atoms. The Morgan fingerprint density at radius 2 is 1.89 bits per heavy atom. The number of halogens is 1. The van der Waals surface area contributed by atoms with Gasteiger partial charge in [0.2, 0.25) is 0 Å². The topological polar surface area (TPSA) is 12.0 Å². The van der Waals surface area contributed by atoms with Gasteiger partial charge in [-0.25, -0.2) is 4.39 Å². The molecule has 0 aromatic heterocycles. The molecule has 0 radical (unpaired) electrons. The monoisotopic (exact) mass is 257 g/mol. The van der Waals surface area contributed by atoms with Crippen LogP contribution in [0.4, 0.5) is 4.39 Å². The first-order valence-electron chi connectivity index (χ1n) is 7.21. The number of fused-ring (bicyclic) bond motifs is 1. The molecule has 1 aliphatic carbocycles. The normalized spacial score (nSPS) is 16.7. The molecule has 1 nitrogen and oxygen atoms in total. The van der Waals surface area contributed by atoms with Crippen LogP contribution >= 0.6 is 0 Å². The molecule has 0 heterocycles. The maximum Gasteiger partial charge on any atom is 0.131 e. The van der Waals surface area contributed by atoms with E-state index in [1.165, 1.54) is 18.4 Å². The Balaban J connectivity index is 2.05. The minimum absolute atomic E-state index is 0.121. The van der Waals surface area contributed by atoms with Crippen molar-refractivity contribution in [3.05, 3.63) is 47.8 Å². The predicted octanol–water partition coefficient (Wildman–Crippen LogP) is 4.43. The fraction of sp³-hybridized carbons (Fsp3) is 0.412. The maximum absolute atomic E-state index is 13.9. The van der Waals surface area contributed by atoms with Gasteiger partial charge in [-0.15, -0.1) is 0 Å². The molecule has 1 N–H and O–H groups in total. The second-order valence-corrected chi connectivity index (χ2v) is 5.45. The van der Waals surface area contributed by atoms with Crippen molar-refractivity contribution >= 4 is 10.8 Å². The Morgan fingerprint density at radius 3 is 2.58 bits per heavy atom. The first-order valence-corrected chi connectivity index (χ1v) is 7.21. The van der Waals surface area contributed by atoms with E-state index in [2.05, 4.69) is 12.2 Å². The Labute approximate surface area is 113 Å². The largest absolute Gasteiger partial charge is 0.310 e. The lowest BCUT2D eigenvalue weighted by Gasteiger charge is -2.20. The fourth-order valence-electron chi connectivity index (χ4n) is 2.82. The van der Waals surface area contributed by atoms with Gasteiger partial charge in [-0.2, -0.15) is 0 Å². The highest BCUT2D eigenvalue weighted by Crippen LogP contribution is 2.43. The molecule has 1 unspecified atom stereocenters. The third kappa shape index (κ3) is 2.50. The molecule has 0 saturated heterocycles. The third-order valence-corrected chi connectivity index (χ3v) is 3.95. The van der Waals surface area contributed by atoms with Gasteiger partial charge in [0.25, 0.3) is 0 Å². The van der Waals surface area contributed by atoms with Gasteiger partial charge in [0.15, 0.2) is 0 Å².